The number of carbonyl (C=O) groups excluding carboxylic acids is 1. The van der Waals surface area contributed by atoms with Crippen LogP contribution in [0.5, 0.6) is 0 Å². The lowest BCUT2D eigenvalue weighted by atomic mass is 9.94. The van der Waals surface area contributed by atoms with Crippen LogP contribution < -0.4 is 5.73 Å². The van der Waals surface area contributed by atoms with E-state index in [0.717, 1.165) is 24.9 Å². The molecule has 2 aromatic rings. The molecule has 2 N–H and O–H groups in total. The third kappa shape index (κ3) is 4.84. The molecular weight excluding hydrogens is 372 g/mol. The fraction of sp³-hybridized carbons (Fsp3) is 0.440. The van der Waals surface area contributed by atoms with E-state index in [1.807, 2.05) is 22.9 Å². The number of rotatable bonds is 6. The van der Waals surface area contributed by atoms with Gasteiger partial charge < -0.3 is 15.5 Å². The van der Waals surface area contributed by atoms with Gasteiger partial charge in [0.1, 0.15) is 0 Å². The molecule has 2 aromatic carbocycles. The lowest BCUT2D eigenvalue weighted by molar-refractivity contribution is -0.132. The van der Waals surface area contributed by atoms with Crippen LogP contribution in [0.3, 0.4) is 0 Å². The molecule has 0 bridgehead atoms. The van der Waals surface area contributed by atoms with Crippen molar-refractivity contribution in [1.29, 1.82) is 0 Å². The summed E-state index contributed by atoms with van der Waals surface area (Å²) in [6, 6.07) is 17.3. The van der Waals surface area contributed by atoms with Gasteiger partial charge in [-0.15, -0.1) is 0 Å². The van der Waals surface area contributed by atoms with Crippen LogP contribution >= 0.6 is 0 Å². The Morgan fingerprint density at radius 1 is 1.10 bits per heavy atom. The zero-order valence-electron chi connectivity index (χ0n) is 17.9. The lowest BCUT2D eigenvalue weighted by Gasteiger charge is -2.33. The van der Waals surface area contributed by atoms with Crippen molar-refractivity contribution in [2.75, 3.05) is 13.6 Å². The first-order chi connectivity index (χ1) is 14.6. The Balaban J connectivity index is 1.37. The van der Waals surface area contributed by atoms with Gasteiger partial charge in [0, 0.05) is 32.6 Å². The average Bonchev–Trinajstić information content (AvgIpc) is 2.78. The Hall–Kier alpha value is -2.82. The molecule has 158 valence electrons. The van der Waals surface area contributed by atoms with E-state index in [4.69, 9.17) is 5.73 Å². The molecule has 1 saturated carbocycles. The number of carbonyl (C=O) groups is 1. The molecule has 1 heterocycles. The minimum absolute atomic E-state index is 0.207. The summed E-state index contributed by atoms with van der Waals surface area (Å²) in [5, 5.41) is 0. The second kappa shape index (κ2) is 9.33. The first-order valence-electron chi connectivity index (χ1n) is 11.1. The molecule has 4 rings (SSSR count). The molecule has 0 spiro atoms. The maximum atomic E-state index is 12.7. The Bertz CT molecular complexity index is 903. The van der Waals surface area contributed by atoms with Gasteiger partial charge in [0.05, 0.1) is 5.69 Å². The van der Waals surface area contributed by atoms with Gasteiger partial charge in [-0.3, -0.25) is 4.79 Å². The van der Waals surface area contributed by atoms with E-state index < -0.39 is 0 Å². The molecule has 1 aliphatic heterocycles. The highest BCUT2D eigenvalue weighted by atomic mass is 16.2. The number of aliphatic imine (C=N–C) groups is 1. The molecule has 0 aromatic heterocycles. The Morgan fingerprint density at radius 3 is 2.63 bits per heavy atom. The fourth-order valence-electron chi connectivity index (χ4n) is 4.57. The summed E-state index contributed by atoms with van der Waals surface area (Å²) in [5.74, 6) is 0.713. The summed E-state index contributed by atoms with van der Waals surface area (Å²) < 4.78 is 0. The average molecular weight is 405 g/mol. The summed E-state index contributed by atoms with van der Waals surface area (Å²) >= 11 is 0. The van der Waals surface area contributed by atoms with Crippen LogP contribution in [0.2, 0.25) is 0 Å². The van der Waals surface area contributed by atoms with Crippen molar-refractivity contribution in [2.24, 2.45) is 10.7 Å². The molecule has 0 atom stereocenters. The molecule has 5 heteroatoms. The standard InChI is InChI=1S/C25H32N4O/c1-28(22-10-6-3-7-11-22)24(30)14-15-29-18-21-17-20(12-13-23(21)27-25(29)26)16-19-8-4-2-5-9-19/h2,4-5,8-9,12-13,17,22H,3,6-7,10-11,14-16,18H2,1H3,(H2,26,27). The first-order valence-corrected chi connectivity index (χ1v) is 11.1. The number of benzene rings is 2. The van der Waals surface area contributed by atoms with Crippen LogP contribution in [-0.4, -0.2) is 41.3 Å². The number of nitrogens with two attached hydrogens (primary N) is 1. The molecule has 30 heavy (non-hydrogen) atoms. The van der Waals surface area contributed by atoms with Crippen LogP contribution in [0.4, 0.5) is 5.69 Å². The van der Waals surface area contributed by atoms with Crippen LogP contribution in [0.25, 0.3) is 0 Å². The monoisotopic (exact) mass is 404 g/mol. The molecule has 5 nitrogen and oxygen atoms in total. The van der Waals surface area contributed by atoms with E-state index >= 15 is 0 Å². The van der Waals surface area contributed by atoms with Crippen LogP contribution in [0.15, 0.2) is 53.5 Å². The SMILES string of the molecule is CN(C(=O)CCN1Cc2cc(Cc3ccccc3)ccc2N=C1N)C1CCCCC1. The number of hydrogen-bond acceptors (Lipinski definition) is 4. The molecule has 1 fully saturated rings. The number of hydrogen-bond donors (Lipinski definition) is 1. The third-order valence-corrected chi connectivity index (χ3v) is 6.43. The van der Waals surface area contributed by atoms with Gasteiger partial charge in [-0.1, -0.05) is 61.7 Å². The first kappa shape index (κ1) is 20.5. The van der Waals surface area contributed by atoms with Gasteiger partial charge >= 0.3 is 0 Å². The van der Waals surface area contributed by atoms with E-state index in [2.05, 4.69) is 47.5 Å². The van der Waals surface area contributed by atoms with Gasteiger partial charge in [0.25, 0.3) is 0 Å². The quantitative estimate of drug-likeness (QED) is 0.784. The van der Waals surface area contributed by atoms with E-state index in [-0.39, 0.29) is 5.91 Å². The zero-order chi connectivity index (χ0) is 20.9. The number of amides is 1. The predicted molar refractivity (Wildman–Crippen MR) is 122 cm³/mol. The number of fused-ring (bicyclic) bond motifs is 1. The minimum atomic E-state index is 0.207. The highest BCUT2D eigenvalue weighted by Crippen LogP contribution is 2.28. The Kier molecular flexibility index (Phi) is 6.36. The number of nitrogens with zero attached hydrogens (tertiary/aromatic N) is 3. The highest BCUT2D eigenvalue weighted by molar-refractivity contribution is 5.84. The predicted octanol–water partition coefficient (Wildman–Crippen LogP) is 4.22. The van der Waals surface area contributed by atoms with Gasteiger partial charge in [0.15, 0.2) is 5.96 Å². The van der Waals surface area contributed by atoms with E-state index in [0.29, 0.717) is 31.5 Å². The van der Waals surface area contributed by atoms with E-state index in [9.17, 15) is 4.79 Å². The van der Waals surface area contributed by atoms with E-state index in [1.165, 1.54) is 36.0 Å². The topological polar surface area (TPSA) is 61.9 Å². The van der Waals surface area contributed by atoms with Crippen molar-refractivity contribution in [2.45, 2.75) is 57.5 Å². The Morgan fingerprint density at radius 2 is 1.87 bits per heavy atom. The lowest BCUT2D eigenvalue weighted by Crippen LogP contribution is -2.43. The van der Waals surface area contributed by atoms with Gasteiger partial charge in [-0.25, -0.2) is 4.99 Å². The molecule has 0 saturated heterocycles. The maximum Gasteiger partial charge on any atom is 0.224 e. The van der Waals surface area contributed by atoms with Crippen molar-refractivity contribution in [3.63, 3.8) is 0 Å². The smallest absolute Gasteiger partial charge is 0.224 e. The minimum Gasteiger partial charge on any atom is -0.369 e. The second-order valence-electron chi connectivity index (χ2n) is 8.56. The van der Waals surface area contributed by atoms with Crippen LogP contribution in [0.1, 0.15) is 55.2 Å². The molecule has 0 unspecified atom stereocenters. The second-order valence-corrected chi connectivity index (χ2v) is 8.56. The molecular formula is C25H32N4O. The summed E-state index contributed by atoms with van der Waals surface area (Å²) in [6.45, 7) is 1.31. The summed E-state index contributed by atoms with van der Waals surface area (Å²) in [4.78, 5) is 21.3. The molecule has 2 aliphatic rings. The Labute approximate surface area is 179 Å². The van der Waals surface area contributed by atoms with Gasteiger partial charge in [-0.2, -0.15) is 0 Å². The maximum absolute atomic E-state index is 12.7. The summed E-state index contributed by atoms with van der Waals surface area (Å²) in [7, 11) is 1.96. The highest BCUT2D eigenvalue weighted by Gasteiger charge is 2.24. The summed E-state index contributed by atoms with van der Waals surface area (Å²) in [6.07, 6.45) is 7.40. The van der Waals surface area contributed by atoms with Crippen molar-refractivity contribution in [3.8, 4) is 0 Å². The van der Waals surface area contributed by atoms with Crippen molar-refractivity contribution in [3.05, 3.63) is 65.2 Å². The number of guanidine groups is 1. The van der Waals surface area contributed by atoms with Crippen molar-refractivity contribution in [1.82, 2.24) is 9.80 Å². The van der Waals surface area contributed by atoms with E-state index in [1.54, 1.807) is 0 Å². The van der Waals surface area contributed by atoms with Gasteiger partial charge in [-0.05, 0) is 42.0 Å². The molecule has 0 radical (unpaired) electrons. The third-order valence-electron chi connectivity index (χ3n) is 6.43. The normalized spacial score (nSPS) is 16.7. The molecule has 1 aliphatic carbocycles. The van der Waals surface area contributed by atoms with Gasteiger partial charge in [0.2, 0.25) is 5.91 Å². The molecule has 1 amide bonds. The fourth-order valence-corrected chi connectivity index (χ4v) is 4.57. The summed E-state index contributed by atoms with van der Waals surface area (Å²) in [5.41, 5.74) is 10.9. The van der Waals surface area contributed by atoms with Crippen molar-refractivity contribution < 1.29 is 4.79 Å². The van der Waals surface area contributed by atoms with Crippen molar-refractivity contribution >= 4 is 17.6 Å². The largest absolute Gasteiger partial charge is 0.369 e. The van der Waals surface area contributed by atoms with Crippen LogP contribution in [-0.2, 0) is 17.8 Å². The van der Waals surface area contributed by atoms with Crippen LogP contribution in [0, 0.1) is 0 Å². The zero-order valence-corrected chi connectivity index (χ0v) is 17.9.